The van der Waals surface area contributed by atoms with Crippen molar-refractivity contribution in [1.29, 1.82) is 0 Å². The summed E-state index contributed by atoms with van der Waals surface area (Å²) in [6.07, 6.45) is 2.62. The molecule has 2 heterocycles. The van der Waals surface area contributed by atoms with Crippen LogP contribution in [0.1, 0.15) is 28.0 Å². The second kappa shape index (κ2) is 5.09. The standard InChI is InChI=1S/C15H14N2O2S/c1-2-14-16-10(9-20-14)7-17-8-12(15(18)19)11-5-3-4-6-13(11)17/h3-6,8-9H,2,7H2,1H3,(H,18,19). The lowest BCUT2D eigenvalue weighted by Gasteiger charge is -2.02. The number of rotatable bonds is 4. The molecular formula is C15H14N2O2S. The van der Waals surface area contributed by atoms with Crippen LogP contribution in [-0.4, -0.2) is 20.6 Å². The Morgan fingerprint density at radius 1 is 1.40 bits per heavy atom. The lowest BCUT2D eigenvalue weighted by Crippen LogP contribution is -1.99. The summed E-state index contributed by atoms with van der Waals surface area (Å²) >= 11 is 1.65. The molecular weight excluding hydrogens is 272 g/mol. The van der Waals surface area contributed by atoms with E-state index in [1.54, 1.807) is 17.5 Å². The number of nitrogens with zero attached hydrogens (tertiary/aromatic N) is 2. The number of aryl methyl sites for hydroxylation is 1. The Morgan fingerprint density at radius 3 is 2.90 bits per heavy atom. The topological polar surface area (TPSA) is 55.1 Å². The molecule has 3 aromatic rings. The fourth-order valence-corrected chi connectivity index (χ4v) is 3.04. The zero-order valence-corrected chi connectivity index (χ0v) is 11.9. The van der Waals surface area contributed by atoms with E-state index in [1.165, 1.54) is 0 Å². The summed E-state index contributed by atoms with van der Waals surface area (Å²) < 4.78 is 1.95. The highest BCUT2D eigenvalue weighted by Crippen LogP contribution is 2.23. The second-order valence-corrected chi connectivity index (χ2v) is 5.52. The van der Waals surface area contributed by atoms with Gasteiger partial charge in [-0.25, -0.2) is 9.78 Å². The van der Waals surface area contributed by atoms with Crippen LogP contribution in [0.25, 0.3) is 10.9 Å². The van der Waals surface area contributed by atoms with Gasteiger partial charge in [-0.05, 0) is 12.5 Å². The number of carboxylic acid groups (broad SMARTS) is 1. The summed E-state index contributed by atoms with van der Waals surface area (Å²) in [7, 11) is 0. The Labute approximate surface area is 120 Å². The smallest absolute Gasteiger partial charge is 0.337 e. The Balaban J connectivity index is 2.05. The summed E-state index contributed by atoms with van der Waals surface area (Å²) in [5.74, 6) is -0.896. The number of hydrogen-bond donors (Lipinski definition) is 1. The van der Waals surface area contributed by atoms with Gasteiger partial charge in [-0.3, -0.25) is 0 Å². The molecule has 0 spiro atoms. The average molecular weight is 286 g/mol. The predicted molar refractivity (Wildman–Crippen MR) is 79.5 cm³/mol. The maximum atomic E-state index is 11.3. The van der Waals surface area contributed by atoms with Gasteiger partial charge in [0, 0.05) is 22.5 Å². The first-order valence-electron chi connectivity index (χ1n) is 6.43. The van der Waals surface area contributed by atoms with E-state index in [0.29, 0.717) is 12.1 Å². The molecule has 3 rings (SSSR count). The third kappa shape index (κ3) is 2.20. The molecule has 1 N–H and O–H groups in total. The molecule has 102 valence electrons. The second-order valence-electron chi connectivity index (χ2n) is 4.58. The van der Waals surface area contributed by atoms with Gasteiger partial charge in [0.25, 0.3) is 0 Å². The molecule has 0 saturated heterocycles. The number of thiazole rings is 1. The molecule has 5 heteroatoms. The molecule has 0 radical (unpaired) electrons. The molecule has 0 aliphatic carbocycles. The summed E-state index contributed by atoms with van der Waals surface area (Å²) in [6, 6.07) is 7.56. The van der Waals surface area contributed by atoms with Crippen LogP contribution >= 0.6 is 11.3 Å². The van der Waals surface area contributed by atoms with E-state index in [4.69, 9.17) is 0 Å². The van der Waals surface area contributed by atoms with Crippen molar-refractivity contribution in [3.63, 3.8) is 0 Å². The number of carboxylic acids is 1. The monoisotopic (exact) mass is 286 g/mol. The molecule has 0 amide bonds. The summed E-state index contributed by atoms with van der Waals surface area (Å²) in [6.45, 7) is 2.68. The van der Waals surface area contributed by atoms with Gasteiger partial charge < -0.3 is 9.67 Å². The van der Waals surface area contributed by atoms with E-state index in [9.17, 15) is 9.90 Å². The van der Waals surface area contributed by atoms with Gasteiger partial charge >= 0.3 is 5.97 Å². The highest BCUT2D eigenvalue weighted by Gasteiger charge is 2.14. The molecule has 0 bridgehead atoms. The van der Waals surface area contributed by atoms with E-state index in [-0.39, 0.29) is 0 Å². The molecule has 20 heavy (non-hydrogen) atoms. The number of carbonyl (C=O) groups is 1. The van der Waals surface area contributed by atoms with Gasteiger partial charge in [0.05, 0.1) is 22.8 Å². The Hall–Kier alpha value is -2.14. The highest BCUT2D eigenvalue weighted by molar-refractivity contribution is 7.09. The van der Waals surface area contributed by atoms with Crippen molar-refractivity contribution < 1.29 is 9.90 Å². The molecule has 2 aromatic heterocycles. The molecule has 0 aliphatic heterocycles. The maximum Gasteiger partial charge on any atom is 0.337 e. The van der Waals surface area contributed by atoms with Crippen LogP contribution < -0.4 is 0 Å². The molecule has 0 atom stereocenters. The van der Waals surface area contributed by atoms with Gasteiger partial charge in [0.15, 0.2) is 0 Å². The van der Waals surface area contributed by atoms with E-state index in [0.717, 1.165) is 28.0 Å². The summed E-state index contributed by atoms with van der Waals surface area (Å²) in [5.41, 5.74) is 2.24. The predicted octanol–water partition coefficient (Wildman–Crippen LogP) is 3.41. The van der Waals surface area contributed by atoms with Crippen LogP contribution in [0.2, 0.25) is 0 Å². The number of aromatic nitrogens is 2. The normalized spacial score (nSPS) is 11.1. The van der Waals surface area contributed by atoms with Crippen molar-refractivity contribution in [2.24, 2.45) is 0 Å². The first-order chi connectivity index (χ1) is 9.69. The van der Waals surface area contributed by atoms with Gasteiger partial charge in [0.2, 0.25) is 0 Å². The fourth-order valence-electron chi connectivity index (χ4n) is 2.31. The van der Waals surface area contributed by atoms with Crippen molar-refractivity contribution in [2.45, 2.75) is 19.9 Å². The zero-order valence-electron chi connectivity index (χ0n) is 11.0. The average Bonchev–Trinajstić information content (AvgIpc) is 3.04. The molecule has 4 nitrogen and oxygen atoms in total. The number of benzene rings is 1. The van der Waals surface area contributed by atoms with Crippen molar-refractivity contribution in [3.05, 3.63) is 52.1 Å². The van der Waals surface area contributed by atoms with Crippen LogP contribution in [-0.2, 0) is 13.0 Å². The number of fused-ring (bicyclic) bond motifs is 1. The minimum atomic E-state index is -0.896. The van der Waals surface area contributed by atoms with Crippen LogP contribution in [0.4, 0.5) is 0 Å². The molecule has 0 aliphatic rings. The minimum Gasteiger partial charge on any atom is -0.478 e. The molecule has 0 saturated carbocycles. The Bertz CT molecular complexity index is 773. The third-order valence-electron chi connectivity index (χ3n) is 3.25. The minimum absolute atomic E-state index is 0.339. The molecule has 1 aromatic carbocycles. The van der Waals surface area contributed by atoms with E-state index in [2.05, 4.69) is 11.9 Å². The van der Waals surface area contributed by atoms with Crippen LogP contribution in [0, 0.1) is 0 Å². The highest BCUT2D eigenvalue weighted by atomic mass is 32.1. The molecule has 0 fully saturated rings. The van der Waals surface area contributed by atoms with Crippen molar-refractivity contribution in [1.82, 2.24) is 9.55 Å². The first-order valence-corrected chi connectivity index (χ1v) is 7.31. The number of aromatic carboxylic acids is 1. The SMILES string of the molecule is CCc1nc(Cn2cc(C(=O)O)c3ccccc32)cs1. The van der Waals surface area contributed by atoms with E-state index < -0.39 is 5.97 Å². The van der Waals surface area contributed by atoms with Gasteiger partial charge in [-0.2, -0.15) is 0 Å². The van der Waals surface area contributed by atoms with Crippen molar-refractivity contribution >= 4 is 28.2 Å². The van der Waals surface area contributed by atoms with Gasteiger partial charge in [-0.15, -0.1) is 11.3 Å². The Kier molecular flexibility index (Phi) is 3.28. The first kappa shape index (κ1) is 12.9. The lowest BCUT2D eigenvalue weighted by atomic mass is 10.2. The van der Waals surface area contributed by atoms with Crippen LogP contribution in [0.3, 0.4) is 0 Å². The number of para-hydroxylation sites is 1. The van der Waals surface area contributed by atoms with Gasteiger partial charge in [-0.1, -0.05) is 25.1 Å². The zero-order chi connectivity index (χ0) is 14.1. The Morgan fingerprint density at radius 2 is 2.20 bits per heavy atom. The van der Waals surface area contributed by atoms with Crippen molar-refractivity contribution in [3.8, 4) is 0 Å². The lowest BCUT2D eigenvalue weighted by molar-refractivity contribution is 0.0699. The number of hydrogen-bond acceptors (Lipinski definition) is 3. The van der Waals surface area contributed by atoms with E-state index >= 15 is 0 Å². The van der Waals surface area contributed by atoms with Crippen LogP contribution in [0.15, 0.2) is 35.8 Å². The third-order valence-corrected chi connectivity index (χ3v) is 4.30. The van der Waals surface area contributed by atoms with Crippen LogP contribution in [0.5, 0.6) is 0 Å². The largest absolute Gasteiger partial charge is 0.478 e. The summed E-state index contributed by atoms with van der Waals surface area (Å²) in [4.78, 5) is 15.8. The summed E-state index contributed by atoms with van der Waals surface area (Å²) in [5, 5.41) is 13.2. The fraction of sp³-hybridized carbons (Fsp3) is 0.200. The van der Waals surface area contributed by atoms with Gasteiger partial charge in [0.1, 0.15) is 0 Å². The quantitative estimate of drug-likeness (QED) is 0.799. The van der Waals surface area contributed by atoms with E-state index in [1.807, 2.05) is 34.2 Å². The van der Waals surface area contributed by atoms with Crippen molar-refractivity contribution in [2.75, 3.05) is 0 Å². The maximum absolute atomic E-state index is 11.3. The molecule has 0 unspecified atom stereocenters.